The number of benzene rings is 1. The van der Waals surface area contributed by atoms with Crippen LogP contribution in [0.4, 0.5) is 17.1 Å². The van der Waals surface area contributed by atoms with E-state index in [-0.39, 0.29) is 0 Å². The van der Waals surface area contributed by atoms with Crippen LogP contribution in [0.5, 0.6) is 11.5 Å². The predicted molar refractivity (Wildman–Crippen MR) is 71.5 cm³/mol. The third-order valence-electron chi connectivity index (χ3n) is 2.40. The molecule has 0 radical (unpaired) electrons. The Morgan fingerprint density at radius 3 is 2.17 bits per heavy atom. The van der Waals surface area contributed by atoms with Gasteiger partial charge in [-0.3, -0.25) is 4.98 Å². The van der Waals surface area contributed by atoms with Gasteiger partial charge in [0.05, 0.1) is 31.8 Å². The van der Waals surface area contributed by atoms with Crippen molar-refractivity contribution in [2.75, 3.05) is 25.3 Å². The van der Waals surface area contributed by atoms with E-state index in [1.165, 1.54) is 0 Å². The number of ether oxygens (including phenoxy) is 2. The summed E-state index contributed by atoms with van der Waals surface area (Å²) in [7, 11) is 3.22. The lowest BCUT2D eigenvalue weighted by molar-refractivity contribution is 0.395. The first-order chi connectivity index (χ1) is 8.71. The molecule has 1 aromatic carbocycles. The fourth-order valence-electron chi connectivity index (χ4n) is 1.57. The van der Waals surface area contributed by atoms with Crippen molar-refractivity contribution in [2.24, 2.45) is 0 Å². The van der Waals surface area contributed by atoms with Crippen LogP contribution in [0.1, 0.15) is 0 Å². The van der Waals surface area contributed by atoms with Gasteiger partial charge < -0.3 is 20.5 Å². The normalized spacial score (nSPS) is 9.89. The third kappa shape index (κ3) is 2.82. The molecule has 2 aromatic rings. The van der Waals surface area contributed by atoms with Gasteiger partial charge in [0.25, 0.3) is 0 Å². The highest BCUT2D eigenvalue weighted by Crippen LogP contribution is 2.28. The first-order valence-corrected chi connectivity index (χ1v) is 5.42. The fraction of sp³-hybridized carbons (Fsp3) is 0.154. The molecule has 0 aliphatic rings. The minimum absolute atomic E-state index is 0.606. The Labute approximate surface area is 106 Å². The zero-order chi connectivity index (χ0) is 13.0. The maximum absolute atomic E-state index is 5.67. The maximum Gasteiger partial charge on any atom is 0.124 e. The fourth-order valence-corrected chi connectivity index (χ4v) is 1.57. The lowest BCUT2D eigenvalue weighted by atomic mass is 10.2. The van der Waals surface area contributed by atoms with Crippen LogP contribution >= 0.6 is 0 Å². The Morgan fingerprint density at radius 1 is 0.944 bits per heavy atom. The zero-order valence-electron chi connectivity index (χ0n) is 10.3. The number of rotatable bonds is 4. The lowest BCUT2D eigenvalue weighted by Crippen LogP contribution is -1.95. The number of aromatic nitrogens is 1. The van der Waals surface area contributed by atoms with Gasteiger partial charge in [-0.25, -0.2) is 0 Å². The number of hydrogen-bond acceptors (Lipinski definition) is 5. The van der Waals surface area contributed by atoms with Crippen molar-refractivity contribution in [3.05, 3.63) is 36.7 Å². The van der Waals surface area contributed by atoms with Gasteiger partial charge in [0.2, 0.25) is 0 Å². The van der Waals surface area contributed by atoms with Gasteiger partial charge in [0, 0.05) is 30.1 Å². The molecule has 1 aromatic heterocycles. The van der Waals surface area contributed by atoms with E-state index in [0.29, 0.717) is 17.2 Å². The van der Waals surface area contributed by atoms with E-state index in [1.54, 1.807) is 32.7 Å². The Balaban J connectivity index is 2.28. The molecule has 0 fully saturated rings. The predicted octanol–water partition coefficient (Wildman–Crippen LogP) is 2.42. The molecule has 0 saturated carbocycles. The molecule has 2 rings (SSSR count). The standard InChI is InChI=1S/C13H15N3O2/c1-17-12-4-10(5-13(6-12)18-2)16-11-3-9(14)7-15-8-11/h3-8,16H,14H2,1-2H3. The molecule has 0 bridgehead atoms. The number of methoxy groups -OCH3 is 2. The number of hydrogen-bond donors (Lipinski definition) is 2. The molecule has 94 valence electrons. The van der Waals surface area contributed by atoms with Crippen LogP contribution in [-0.2, 0) is 0 Å². The summed E-state index contributed by atoms with van der Waals surface area (Å²) in [6, 6.07) is 7.35. The van der Waals surface area contributed by atoms with Crippen LogP contribution in [0.3, 0.4) is 0 Å². The monoisotopic (exact) mass is 245 g/mol. The molecule has 0 saturated heterocycles. The molecule has 0 spiro atoms. The second kappa shape index (κ2) is 5.27. The van der Waals surface area contributed by atoms with Gasteiger partial charge in [-0.05, 0) is 6.07 Å². The van der Waals surface area contributed by atoms with Crippen molar-refractivity contribution < 1.29 is 9.47 Å². The van der Waals surface area contributed by atoms with Crippen molar-refractivity contribution in [1.82, 2.24) is 4.98 Å². The number of pyridine rings is 1. The molecular formula is C13H15N3O2. The Hall–Kier alpha value is -2.43. The summed E-state index contributed by atoms with van der Waals surface area (Å²) in [5, 5.41) is 3.19. The highest BCUT2D eigenvalue weighted by molar-refractivity contribution is 5.65. The van der Waals surface area contributed by atoms with E-state index in [4.69, 9.17) is 15.2 Å². The van der Waals surface area contributed by atoms with E-state index in [0.717, 1.165) is 11.4 Å². The molecule has 0 amide bonds. The van der Waals surface area contributed by atoms with E-state index in [2.05, 4.69) is 10.3 Å². The van der Waals surface area contributed by atoms with E-state index >= 15 is 0 Å². The van der Waals surface area contributed by atoms with Gasteiger partial charge in [-0.15, -0.1) is 0 Å². The first kappa shape index (κ1) is 12.0. The van der Waals surface area contributed by atoms with Gasteiger partial charge >= 0.3 is 0 Å². The Morgan fingerprint density at radius 2 is 1.61 bits per heavy atom. The van der Waals surface area contributed by atoms with Crippen LogP contribution in [-0.4, -0.2) is 19.2 Å². The summed E-state index contributed by atoms with van der Waals surface area (Å²) < 4.78 is 10.4. The van der Waals surface area contributed by atoms with Gasteiger partial charge in [-0.1, -0.05) is 0 Å². The Bertz CT molecular complexity index is 521. The zero-order valence-corrected chi connectivity index (χ0v) is 10.3. The number of nitrogen functional groups attached to an aromatic ring is 1. The topological polar surface area (TPSA) is 69.4 Å². The number of nitrogens with zero attached hydrogens (tertiary/aromatic N) is 1. The van der Waals surface area contributed by atoms with E-state index in [1.807, 2.05) is 18.2 Å². The molecule has 0 aliphatic carbocycles. The van der Waals surface area contributed by atoms with Crippen LogP contribution in [0.2, 0.25) is 0 Å². The average Bonchev–Trinajstić information content (AvgIpc) is 2.38. The highest BCUT2D eigenvalue weighted by atomic mass is 16.5. The second-order valence-corrected chi connectivity index (χ2v) is 3.73. The molecule has 5 nitrogen and oxygen atoms in total. The van der Waals surface area contributed by atoms with Crippen molar-refractivity contribution in [2.45, 2.75) is 0 Å². The largest absolute Gasteiger partial charge is 0.497 e. The Kier molecular flexibility index (Phi) is 3.52. The maximum atomic E-state index is 5.67. The van der Waals surface area contributed by atoms with Crippen LogP contribution < -0.4 is 20.5 Å². The summed E-state index contributed by atoms with van der Waals surface area (Å²) in [5.41, 5.74) is 7.94. The van der Waals surface area contributed by atoms with Crippen molar-refractivity contribution in [3.8, 4) is 11.5 Å². The molecule has 0 atom stereocenters. The number of nitrogens with one attached hydrogen (secondary N) is 1. The quantitative estimate of drug-likeness (QED) is 0.865. The van der Waals surface area contributed by atoms with E-state index < -0.39 is 0 Å². The van der Waals surface area contributed by atoms with Crippen LogP contribution in [0, 0.1) is 0 Å². The molecule has 1 heterocycles. The summed E-state index contributed by atoms with van der Waals surface area (Å²) in [5.74, 6) is 1.43. The van der Waals surface area contributed by atoms with Crippen molar-refractivity contribution in [3.63, 3.8) is 0 Å². The van der Waals surface area contributed by atoms with Gasteiger partial charge in [-0.2, -0.15) is 0 Å². The minimum atomic E-state index is 0.606. The summed E-state index contributed by atoms with van der Waals surface area (Å²) in [6.07, 6.45) is 3.29. The third-order valence-corrected chi connectivity index (χ3v) is 2.40. The van der Waals surface area contributed by atoms with Crippen molar-refractivity contribution in [1.29, 1.82) is 0 Å². The molecule has 3 N–H and O–H groups in total. The van der Waals surface area contributed by atoms with E-state index in [9.17, 15) is 0 Å². The molecule has 5 heteroatoms. The highest BCUT2D eigenvalue weighted by Gasteiger charge is 2.02. The summed E-state index contributed by atoms with van der Waals surface area (Å²) >= 11 is 0. The summed E-state index contributed by atoms with van der Waals surface area (Å²) in [4.78, 5) is 4.02. The van der Waals surface area contributed by atoms with Crippen molar-refractivity contribution >= 4 is 17.1 Å². The smallest absolute Gasteiger partial charge is 0.124 e. The minimum Gasteiger partial charge on any atom is -0.497 e. The summed E-state index contributed by atoms with van der Waals surface area (Å²) in [6.45, 7) is 0. The van der Waals surface area contributed by atoms with Gasteiger partial charge in [0.1, 0.15) is 11.5 Å². The van der Waals surface area contributed by atoms with Gasteiger partial charge in [0.15, 0.2) is 0 Å². The molecule has 18 heavy (non-hydrogen) atoms. The lowest BCUT2D eigenvalue weighted by Gasteiger charge is -2.10. The SMILES string of the molecule is COc1cc(Nc2cncc(N)c2)cc(OC)c1. The molecule has 0 aliphatic heterocycles. The van der Waals surface area contributed by atoms with Crippen LogP contribution in [0.15, 0.2) is 36.7 Å². The number of nitrogens with two attached hydrogens (primary N) is 1. The first-order valence-electron chi connectivity index (χ1n) is 5.42. The van der Waals surface area contributed by atoms with Crippen LogP contribution in [0.25, 0.3) is 0 Å². The molecule has 0 unspecified atom stereocenters. The number of anilines is 3. The average molecular weight is 245 g/mol. The second-order valence-electron chi connectivity index (χ2n) is 3.73. The molecular weight excluding hydrogens is 230 g/mol.